The van der Waals surface area contributed by atoms with Crippen LogP contribution in [0, 0.1) is 0 Å². The van der Waals surface area contributed by atoms with Gasteiger partial charge in [0.25, 0.3) is 10.0 Å². The molecule has 1 atom stereocenters. The van der Waals surface area contributed by atoms with Crippen LogP contribution in [0.5, 0.6) is 5.75 Å². The smallest absolute Gasteiger partial charge is 0.268 e. The molecular formula is C19H20N2O3S. The molecule has 0 bridgehead atoms. The van der Waals surface area contributed by atoms with E-state index in [1.807, 2.05) is 12.1 Å². The second-order valence-corrected chi connectivity index (χ2v) is 8.07. The summed E-state index contributed by atoms with van der Waals surface area (Å²) in [6.07, 6.45) is 3.88. The van der Waals surface area contributed by atoms with E-state index in [0.717, 1.165) is 18.4 Å². The van der Waals surface area contributed by atoms with Gasteiger partial charge in [-0.3, -0.25) is 0 Å². The maximum Gasteiger partial charge on any atom is 0.268 e. The topological polar surface area (TPSA) is 60.3 Å². The van der Waals surface area contributed by atoms with Crippen LogP contribution >= 0.6 is 0 Å². The average molecular weight is 356 g/mol. The normalized spacial score (nSPS) is 17.8. The number of fused-ring (bicyclic) bond motifs is 1. The van der Waals surface area contributed by atoms with Gasteiger partial charge in [-0.15, -0.1) is 0 Å². The zero-order chi connectivity index (χ0) is 17.3. The molecule has 1 aliphatic rings. The Kier molecular flexibility index (Phi) is 4.23. The van der Waals surface area contributed by atoms with E-state index in [0.29, 0.717) is 23.9 Å². The van der Waals surface area contributed by atoms with Crippen molar-refractivity contribution in [3.63, 3.8) is 0 Å². The van der Waals surface area contributed by atoms with Crippen molar-refractivity contribution in [2.75, 3.05) is 13.2 Å². The van der Waals surface area contributed by atoms with Crippen molar-refractivity contribution in [3.05, 3.63) is 60.8 Å². The molecule has 0 amide bonds. The molecular weight excluding hydrogens is 336 g/mol. The van der Waals surface area contributed by atoms with Gasteiger partial charge in [-0.1, -0.05) is 18.2 Å². The molecule has 3 aromatic rings. The first kappa shape index (κ1) is 16.2. The van der Waals surface area contributed by atoms with Crippen molar-refractivity contribution < 1.29 is 13.2 Å². The fourth-order valence-corrected chi connectivity index (χ4v) is 4.55. The van der Waals surface area contributed by atoms with E-state index in [-0.39, 0.29) is 4.90 Å². The number of hydrogen-bond acceptors (Lipinski definition) is 4. The molecule has 1 fully saturated rings. The second-order valence-electron chi connectivity index (χ2n) is 6.25. The summed E-state index contributed by atoms with van der Waals surface area (Å²) in [4.78, 5) is 0.272. The van der Waals surface area contributed by atoms with Gasteiger partial charge in [0.1, 0.15) is 12.4 Å². The summed E-state index contributed by atoms with van der Waals surface area (Å²) in [5.41, 5.74) is 0.626. The Morgan fingerprint density at radius 3 is 2.72 bits per heavy atom. The number of rotatable bonds is 5. The van der Waals surface area contributed by atoms with Gasteiger partial charge in [-0.05, 0) is 49.7 Å². The predicted molar refractivity (Wildman–Crippen MR) is 97.5 cm³/mol. The van der Waals surface area contributed by atoms with E-state index in [1.165, 1.54) is 10.4 Å². The van der Waals surface area contributed by atoms with Crippen LogP contribution in [0.4, 0.5) is 0 Å². The van der Waals surface area contributed by atoms with E-state index in [2.05, 4.69) is 5.32 Å². The molecule has 1 unspecified atom stereocenters. The summed E-state index contributed by atoms with van der Waals surface area (Å²) in [6.45, 7) is 1.63. The third-order valence-corrected chi connectivity index (χ3v) is 6.25. The Balaban J connectivity index is 1.67. The van der Waals surface area contributed by atoms with E-state index >= 15 is 0 Å². The van der Waals surface area contributed by atoms with Crippen LogP contribution in [0.2, 0.25) is 0 Å². The first-order valence-electron chi connectivity index (χ1n) is 8.42. The summed E-state index contributed by atoms with van der Waals surface area (Å²) in [5.74, 6) is 0.685. The highest BCUT2D eigenvalue weighted by molar-refractivity contribution is 7.90. The minimum absolute atomic E-state index is 0.272. The van der Waals surface area contributed by atoms with Gasteiger partial charge in [0, 0.05) is 23.7 Å². The lowest BCUT2D eigenvalue weighted by molar-refractivity contribution is 0.277. The van der Waals surface area contributed by atoms with Crippen LogP contribution in [0.3, 0.4) is 0 Å². The Labute approximate surface area is 147 Å². The Bertz CT molecular complexity index is 974. The molecule has 4 rings (SSSR count). The van der Waals surface area contributed by atoms with Crippen molar-refractivity contribution in [2.24, 2.45) is 0 Å². The number of benzene rings is 2. The molecule has 1 aliphatic heterocycles. The van der Waals surface area contributed by atoms with Crippen LogP contribution in [0.1, 0.15) is 12.8 Å². The molecule has 0 spiro atoms. The van der Waals surface area contributed by atoms with Gasteiger partial charge >= 0.3 is 0 Å². The summed E-state index contributed by atoms with van der Waals surface area (Å²) >= 11 is 0. The van der Waals surface area contributed by atoms with Gasteiger partial charge in [-0.2, -0.15) is 0 Å². The molecule has 1 aromatic heterocycles. The number of ether oxygens (including phenoxy) is 1. The van der Waals surface area contributed by atoms with Crippen molar-refractivity contribution in [1.29, 1.82) is 0 Å². The SMILES string of the molecule is O=S(=O)(c1ccccc1)n1ccc2ccc(OCC3CCCN3)cc21. The highest BCUT2D eigenvalue weighted by atomic mass is 32.2. The molecule has 0 radical (unpaired) electrons. The first-order chi connectivity index (χ1) is 12.1. The van der Waals surface area contributed by atoms with Crippen molar-refractivity contribution in [1.82, 2.24) is 9.29 Å². The van der Waals surface area contributed by atoms with E-state index in [4.69, 9.17) is 4.74 Å². The first-order valence-corrected chi connectivity index (χ1v) is 9.86. The highest BCUT2D eigenvalue weighted by Gasteiger charge is 2.19. The minimum atomic E-state index is -3.62. The lowest BCUT2D eigenvalue weighted by Crippen LogP contribution is -2.28. The van der Waals surface area contributed by atoms with Gasteiger partial charge in [0.15, 0.2) is 0 Å². The quantitative estimate of drug-likeness (QED) is 0.763. The number of nitrogens with zero attached hydrogens (tertiary/aromatic N) is 1. The van der Waals surface area contributed by atoms with E-state index in [9.17, 15) is 8.42 Å². The van der Waals surface area contributed by atoms with Gasteiger partial charge < -0.3 is 10.1 Å². The largest absolute Gasteiger partial charge is 0.492 e. The fraction of sp³-hybridized carbons (Fsp3) is 0.263. The second kappa shape index (κ2) is 6.54. The van der Waals surface area contributed by atoms with Crippen molar-refractivity contribution in [3.8, 4) is 5.75 Å². The van der Waals surface area contributed by atoms with E-state index < -0.39 is 10.0 Å². The summed E-state index contributed by atoms with van der Waals surface area (Å²) < 4.78 is 33.0. The predicted octanol–water partition coefficient (Wildman–Crippen LogP) is 3.01. The third kappa shape index (κ3) is 3.15. The van der Waals surface area contributed by atoms with Crippen molar-refractivity contribution >= 4 is 20.9 Å². The third-order valence-electron chi connectivity index (χ3n) is 4.54. The zero-order valence-corrected chi connectivity index (χ0v) is 14.6. The van der Waals surface area contributed by atoms with Gasteiger partial charge in [0.2, 0.25) is 0 Å². The van der Waals surface area contributed by atoms with Crippen LogP contribution < -0.4 is 10.1 Å². The summed E-state index contributed by atoms with van der Waals surface area (Å²) in [5, 5.41) is 4.26. The fourth-order valence-electron chi connectivity index (χ4n) is 3.18. The summed E-state index contributed by atoms with van der Waals surface area (Å²) in [7, 11) is -3.62. The molecule has 1 N–H and O–H groups in total. The maximum absolute atomic E-state index is 12.9. The lowest BCUT2D eigenvalue weighted by Gasteiger charge is -2.13. The molecule has 25 heavy (non-hydrogen) atoms. The number of aromatic nitrogens is 1. The van der Waals surface area contributed by atoms with Crippen molar-refractivity contribution in [2.45, 2.75) is 23.8 Å². The molecule has 2 aromatic carbocycles. The van der Waals surface area contributed by atoms with Crippen LogP contribution in [-0.4, -0.2) is 31.6 Å². The van der Waals surface area contributed by atoms with Gasteiger partial charge in [-0.25, -0.2) is 12.4 Å². The highest BCUT2D eigenvalue weighted by Crippen LogP contribution is 2.26. The van der Waals surface area contributed by atoms with Crippen LogP contribution in [0.25, 0.3) is 10.9 Å². The Morgan fingerprint density at radius 1 is 1.12 bits per heavy atom. The molecule has 5 nitrogen and oxygen atoms in total. The monoisotopic (exact) mass is 356 g/mol. The standard InChI is InChI=1S/C19H20N2O3S/c22-25(23,18-6-2-1-3-7-18)21-12-10-15-8-9-17(13-19(15)21)24-14-16-5-4-11-20-16/h1-3,6-10,12-13,16,20H,4-5,11,14H2. The zero-order valence-electron chi connectivity index (χ0n) is 13.8. The molecule has 2 heterocycles. The average Bonchev–Trinajstić information content (AvgIpc) is 3.30. The molecule has 0 aliphatic carbocycles. The molecule has 130 valence electrons. The van der Waals surface area contributed by atoms with Crippen LogP contribution in [0.15, 0.2) is 65.7 Å². The Morgan fingerprint density at radius 2 is 1.96 bits per heavy atom. The van der Waals surface area contributed by atoms with Crippen LogP contribution in [-0.2, 0) is 10.0 Å². The number of hydrogen-bond donors (Lipinski definition) is 1. The molecule has 1 saturated heterocycles. The molecule has 0 saturated carbocycles. The summed E-state index contributed by atoms with van der Waals surface area (Å²) in [6, 6.07) is 16.2. The lowest BCUT2D eigenvalue weighted by atomic mass is 10.2. The maximum atomic E-state index is 12.9. The molecule has 6 heteroatoms. The Hall–Kier alpha value is -2.31. The van der Waals surface area contributed by atoms with Gasteiger partial charge in [0.05, 0.1) is 10.4 Å². The number of nitrogens with one attached hydrogen (secondary N) is 1. The minimum Gasteiger partial charge on any atom is -0.492 e. The van der Waals surface area contributed by atoms with E-state index in [1.54, 1.807) is 48.7 Å².